The van der Waals surface area contributed by atoms with Gasteiger partial charge in [-0.2, -0.15) is 0 Å². The molecule has 2 aromatic carbocycles. The Bertz CT molecular complexity index is 1140. The van der Waals surface area contributed by atoms with Gasteiger partial charge < -0.3 is 26.0 Å². The highest BCUT2D eigenvalue weighted by molar-refractivity contribution is 5.93. The quantitative estimate of drug-likeness (QED) is 0.245. The van der Waals surface area contributed by atoms with Gasteiger partial charge >= 0.3 is 5.97 Å². The minimum atomic E-state index is -1.02. The molecule has 216 valence electrons. The van der Waals surface area contributed by atoms with Crippen LogP contribution in [0.2, 0.25) is 0 Å². The highest BCUT2D eigenvalue weighted by Gasteiger charge is 2.28. The number of halogens is 1. The van der Waals surface area contributed by atoms with Gasteiger partial charge in [0.05, 0.1) is 20.2 Å². The summed E-state index contributed by atoms with van der Waals surface area (Å²) in [7, 11) is 1.24. The average Bonchev–Trinajstić information content (AvgIpc) is 2.93. The second kappa shape index (κ2) is 16.6. The molecule has 0 saturated carbocycles. The third-order valence-electron chi connectivity index (χ3n) is 5.89. The van der Waals surface area contributed by atoms with Crippen LogP contribution in [0.1, 0.15) is 37.8 Å². The monoisotopic (exact) mass is 556 g/mol. The molecule has 2 rings (SSSR count). The zero-order chi connectivity index (χ0) is 29.5. The normalized spacial score (nSPS) is 12.1. The molecule has 0 spiro atoms. The SMILES string of the molecule is COC(=O)C(CC(C)C)NC(=O)[C@@H](Cc1ccccc1)NC(=O)CNC(=O)CNC(=O)CCc1ccc(F)cc1. The molecular weight excluding hydrogens is 519 g/mol. The molecule has 2 atom stereocenters. The summed E-state index contributed by atoms with van der Waals surface area (Å²) >= 11 is 0. The highest BCUT2D eigenvalue weighted by Crippen LogP contribution is 2.09. The maximum absolute atomic E-state index is 13.1. The van der Waals surface area contributed by atoms with E-state index in [1.807, 2.05) is 19.9 Å². The van der Waals surface area contributed by atoms with E-state index in [-0.39, 0.29) is 37.0 Å². The van der Waals surface area contributed by atoms with Crippen molar-refractivity contribution in [3.05, 3.63) is 71.5 Å². The summed E-state index contributed by atoms with van der Waals surface area (Å²) in [5, 5.41) is 10.2. The number of carbonyl (C=O) groups is 5. The van der Waals surface area contributed by atoms with Crippen LogP contribution in [-0.2, 0) is 41.6 Å². The summed E-state index contributed by atoms with van der Waals surface area (Å²) in [6.07, 6.45) is 1.01. The summed E-state index contributed by atoms with van der Waals surface area (Å²) in [5.41, 5.74) is 1.57. The van der Waals surface area contributed by atoms with E-state index in [1.165, 1.54) is 19.2 Å². The number of amides is 4. The summed E-state index contributed by atoms with van der Waals surface area (Å²) < 4.78 is 17.8. The molecule has 0 saturated heterocycles. The van der Waals surface area contributed by atoms with E-state index >= 15 is 0 Å². The van der Waals surface area contributed by atoms with Crippen LogP contribution in [0.3, 0.4) is 0 Å². The van der Waals surface area contributed by atoms with E-state index in [0.717, 1.165) is 11.1 Å². The van der Waals surface area contributed by atoms with Crippen molar-refractivity contribution in [2.75, 3.05) is 20.2 Å². The van der Waals surface area contributed by atoms with Crippen molar-refractivity contribution >= 4 is 29.6 Å². The maximum atomic E-state index is 13.1. The summed E-state index contributed by atoms with van der Waals surface area (Å²) in [6.45, 7) is 3.05. The van der Waals surface area contributed by atoms with Gasteiger partial charge in [0.1, 0.15) is 17.9 Å². The number of benzene rings is 2. The number of nitrogens with one attached hydrogen (secondary N) is 4. The molecule has 0 aliphatic rings. The molecule has 0 aromatic heterocycles. The molecule has 4 amide bonds. The molecule has 10 nitrogen and oxygen atoms in total. The summed E-state index contributed by atoms with van der Waals surface area (Å²) in [5.74, 6) is -2.98. The molecular formula is C29H37FN4O6. The Morgan fingerprint density at radius 1 is 0.775 bits per heavy atom. The largest absolute Gasteiger partial charge is 0.467 e. The van der Waals surface area contributed by atoms with Gasteiger partial charge in [-0.05, 0) is 42.0 Å². The van der Waals surface area contributed by atoms with Crippen LogP contribution in [0.5, 0.6) is 0 Å². The molecule has 2 aromatic rings. The molecule has 0 heterocycles. The predicted octanol–water partition coefficient (Wildman–Crippen LogP) is 1.42. The third kappa shape index (κ3) is 12.1. The van der Waals surface area contributed by atoms with Crippen molar-refractivity contribution < 1.29 is 33.1 Å². The highest BCUT2D eigenvalue weighted by atomic mass is 19.1. The lowest BCUT2D eigenvalue weighted by Gasteiger charge is -2.23. The van der Waals surface area contributed by atoms with Crippen molar-refractivity contribution in [2.24, 2.45) is 5.92 Å². The first kappa shape index (κ1) is 31.9. The first-order chi connectivity index (χ1) is 19.1. The van der Waals surface area contributed by atoms with Crippen LogP contribution in [-0.4, -0.2) is 61.9 Å². The van der Waals surface area contributed by atoms with Crippen LogP contribution in [0.25, 0.3) is 0 Å². The Hall–Kier alpha value is -4.28. The first-order valence-electron chi connectivity index (χ1n) is 13.1. The van der Waals surface area contributed by atoms with E-state index < -0.39 is 42.3 Å². The number of hydrogen-bond acceptors (Lipinski definition) is 6. The lowest BCUT2D eigenvalue weighted by atomic mass is 10.0. The maximum Gasteiger partial charge on any atom is 0.328 e. The van der Waals surface area contributed by atoms with Crippen molar-refractivity contribution in [3.63, 3.8) is 0 Å². The van der Waals surface area contributed by atoms with Gasteiger partial charge in [0.25, 0.3) is 0 Å². The summed E-state index contributed by atoms with van der Waals surface area (Å²) in [4.78, 5) is 62.1. The predicted molar refractivity (Wildman–Crippen MR) is 146 cm³/mol. The molecule has 0 fully saturated rings. The second-order valence-electron chi connectivity index (χ2n) is 9.70. The number of rotatable bonds is 15. The van der Waals surface area contributed by atoms with Crippen molar-refractivity contribution in [3.8, 4) is 0 Å². The molecule has 1 unspecified atom stereocenters. The first-order valence-corrected chi connectivity index (χ1v) is 13.1. The summed E-state index contributed by atoms with van der Waals surface area (Å²) in [6, 6.07) is 12.9. The van der Waals surface area contributed by atoms with E-state index in [0.29, 0.717) is 12.8 Å². The van der Waals surface area contributed by atoms with Crippen LogP contribution >= 0.6 is 0 Å². The van der Waals surface area contributed by atoms with Gasteiger partial charge in [0, 0.05) is 12.8 Å². The molecule has 0 bridgehead atoms. The molecule has 4 N–H and O–H groups in total. The zero-order valence-electron chi connectivity index (χ0n) is 23.0. The van der Waals surface area contributed by atoms with Gasteiger partial charge in [-0.1, -0.05) is 56.3 Å². The molecule has 11 heteroatoms. The van der Waals surface area contributed by atoms with E-state index in [2.05, 4.69) is 21.3 Å². The lowest BCUT2D eigenvalue weighted by Crippen LogP contribution is -2.54. The van der Waals surface area contributed by atoms with Crippen molar-refractivity contribution in [1.29, 1.82) is 0 Å². The van der Waals surface area contributed by atoms with Crippen LogP contribution in [0.15, 0.2) is 54.6 Å². The van der Waals surface area contributed by atoms with E-state index in [1.54, 1.807) is 36.4 Å². The molecule has 0 aliphatic heterocycles. The number of esters is 1. The topological polar surface area (TPSA) is 143 Å². The molecule has 40 heavy (non-hydrogen) atoms. The second-order valence-corrected chi connectivity index (χ2v) is 9.70. The Labute approximate surface area is 233 Å². The minimum Gasteiger partial charge on any atom is -0.467 e. The number of methoxy groups -OCH3 is 1. The Morgan fingerprint density at radius 2 is 1.40 bits per heavy atom. The fraction of sp³-hybridized carbons (Fsp3) is 0.414. The fourth-order valence-electron chi connectivity index (χ4n) is 3.82. The van der Waals surface area contributed by atoms with Crippen LogP contribution in [0.4, 0.5) is 4.39 Å². The fourth-order valence-corrected chi connectivity index (χ4v) is 3.82. The minimum absolute atomic E-state index is 0.102. The van der Waals surface area contributed by atoms with Crippen LogP contribution < -0.4 is 21.3 Å². The molecule has 0 aliphatic carbocycles. The molecule has 0 radical (unpaired) electrons. The van der Waals surface area contributed by atoms with Gasteiger partial charge in [0.15, 0.2) is 0 Å². The Morgan fingerprint density at radius 3 is 2.02 bits per heavy atom. The van der Waals surface area contributed by atoms with E-state index in [4.69, 9.17) is 4.74 Å². The third-order valence-corrected chi connectivity index (χ3v) is 5.89. The number of ether oxygens (including phenoxy) is 1. The number of hydrogen-bond donors (Lipinski definition) is 4. The van der Waals surface area contributed by atoms with Gasteiger partial charge in [-0.15, -0.1) is 0 Å². The lowest BCUT2D eigenvalue weighted by molar-refractivity contribution is -0.145. The van der Waals surface area contributed by atoms with Gasteiger partial charge in [-0.3, -0.25) is 19.2 Å². The Kier molecular flexibility index (Phi) is 13.3. The Balaban J connectivity index is 1.88. The number of aryl methyl sites for hydroxylation is 1. The van der Waals surface area contributed by atoms with Crippen molar-refractivity contribution in [1.82, 2.24) is 21.3 Å². The zero-order valence-corrected chi connectivity index (χ0v) is 23.0. The van der Waals surface area contributed by atoms with Gasteiger partial charge in [0.2, 0.25) is 23.6 Å². The smallest absolute Gasteiger partial charge is 0.328 e. The standard InChI is InChI=1S/C29H37FN4O6/c1-19(2)15-24(29(39)40-3)34-28(38)23(16-21-7-5-4-6-8-21)33-27(37)18-32-26(36)17-31-25(35)14-11-20-9-12-22(30)13-10-20/h4-10,12-13,19,23-24H,11,14-18H2,1-3H3,(H,31,35)(H,32,36)(H,33,37)(H,34,38)/t23-,24?/m1/s1. The van der Waals surface area contributed by atoms with Crippen LogP contribution in [0, 0.1) is 11.7 Å². The van der Waals surface area contributed by atoms with Gasteiger partial charge in [-0.25, -0.2) is 9.18 Å². The van der Waals surface area contributed by atoms with E-state index in [9.17, 15) is 28.4 Å². The average molecular weight is 557 g/mol. The number of carbonyl (C=O) groups excluding carboxylic acids is 5. The van der Waals surface area contributed by atoms with Crippen molar-refractivity contribution in [2.45, 2.75) is 51.6 Å².